The maximum Gasteiger partial charge on any atom is 0.0955 e. The zero-order chi connectivity index (χ0) is 13.7. The number of aryl methyl sites for hydroxylation is 1. The molecule has 1 heterocycles. The van der Waals surface area contributed by atoms with Crippen LogP contribution in [0.1, 0.15) is 26.0 Å². The van der Waals surface area contributed by atoms with Gasteiger partial charge < -0.3 is 9.88 Å². The van der Waals surface area contributed by atoms with E-state index in [4.69, 9.17) is 0 Å². The number of rotatable bonds is 6. The lowest BCUT2D eigenvalue weighted by Gasteiger charge is -2.09. The third kappa shape index (κ3) is 3.67. The van der Waals surface area contributed by atoms with Crippen molar-refractivity contribution in [3.8, 4) is 11.3 Å². The highest BCUT2D eigenvalue weighted by molar-refractivity contribution is 5.61. The number of hydrogen-bond donors (Lipinski definition) is 1. The molecule has 0 aliphatic rings. The minimum absolute atomic E-state index is 0.559. The molecule has 1 aromatic heterocycles. The van der Waals surface area contributed by atoms with E-state index in [1.165, 1.54) is 11.3 Å². The summed E-state index contributed by atoms with van der Waals surface area (Å²) in [5.41, 5.74) is 3.53. The van der Waals surface area contributed by atoms with Crippen LogP contribution in [0.2, 0.25) is 0 Å². The molecule has 2 aromatic rings. The molecule has 3 heteroatoms. The second-order valence-electron chi connectivity index (χ2n) is 5.20. The summed E-state index contributed by atoms with van der Waals surface area (Å²) in [5.74, 6) is 0. The smallest absolute Gasteiger partial charge is 0.0955 e. The Morgan fingerprint density at radius 1 is 1.21 bits per heavy atom. The Bertz CT molecular complexity index is 500. The fraction of sp³-hybridized carbons (Fsp3) is 0.438. The van der Waals surface area contributed by atoms with Gasteiger partial charge in [-0.25, -0.2) is 4.98 Å². The molecule has 102 valence electrons. The van der Waals surface area contributed by atoms with Crippen molar-refractivity contribution in [1.82, 2.24) is 14.9 Å². The van der Waals surface area contributed by atoms with Gasteiger partial charge in [-0.15, -0.1) is 0 Å². The SMILES string of the molecule is Cc1c(-c2ccccc2)ncn1CCCNC(C)C. The molecule has 0 saturated carbocycles. The molecule has 1 aromatic carbocycles. The zero-order valence-corrected chi connectivity index (χ0v) is 12.1. The molecule has 2 rings (SSSR count). The molecule has 3 nitrogen and oxygen atoms in total. The van der Waals surface area contributed by atoms with E-state index < -0.39 is 0 Å². The van der Waals surface area contributed by atoms with Crippen LogP contribution < -0.4 is 5.32 Å². The van der Waals surface area contributed by atoms with Crippen LogP contribution in [-0.4, -0.2) is 22.1 Å². The first-order chi connectivity index (χ1) is 9.18. The van der Waals surface area contributed by atoms with Gasteiger partial charge in [0.15, 0.2) is 0 Å². The first-order valence-corrected chi connectivity index (χ1v) is 6.99. The van der Waals surface area contributed by atoms with Gasteiger partial charge in [-0.1, -0.05) is 44.2 Å². The number of imidazole rings is 1. The average Bonchev–Trinajstić information content (AvgIpc) is 2.77. The summed E-state index contributed by atoms with van der Waals surface area (Å²) >= 11 is 0. The molecule has 0 atom stereocenters. The van der Waals surface area contributed by atoms with Gasteiger partial charge in [0.05, 0.1) is 12.0 Å². The highest BCUT2D eigenvalue weighted by Gasteiger charge is 2.07. The summed E-state index contributed by atoms with van der Waals surface area (Å²) in [5, 5.41) is 3.44. The molecule has 0 bridgehead atoms. The van der Waals surface area contributed by atoms with E-state index in [1.807, 2.05) is 12.4 Å². The van der Waals surface area contributed by atoms with E-state index >= 15 is 0 Å². The van der Waals surface area contributed by atoms with Crippen molar-refractivity contribution in [2.24, 2.45) is 0 Å². The van der Waals surface area contributed by atoms with Crippen LogP contribution in [0.4, 0.5) is 0 Å². The van der Waals surface area contributed by atoms with Gasteiger partial charge in [-0.2, -0.15) is 0 Å². The van der Waals surface area contributed by atoms with Crippen molar-refractivity contribution in [2.45, 2.75) is 39.8 Å². The first kappa shape index (κ1) is 13.8. The summed E-state index contributed by atoms with van der Waals surface area (Å²) in [4.78, 5) is 4.54. The van der Waals surface area contributed by atoms with Crippen LogP contribution in [0.25, 0.3) is 11.3 Å². The van der Waals surface area contributed by atoms with Gasteiger partial charge in [0.25, 0.3) is 0 Å². The lowest BCUT2D eigenvalue weighted by atomic mass is 10.1. The fourth-order valence-electron chi connectivity index (χ4n) is 2.19. The average molecular weight is 257 g/mol. The zero-order valence-electron chi connectivity index (χ0n) is 12.1. The van der Waals surface area contributed by atoms with Crippen molar-refractivity contribution in [3.63, 3.8) is 0 Å². The Labute approximate surface area is 115 Å². The predicted molar refractivity (Wildman–Crippen MR) is 80.2 cm³/mol. The third-order valence-corrected chi connectivity index (χ3v) is 3.28. The molecule has 0 radical (unpaired) electrons. The highest BCUT2D eigenvalue weighted by atomic mass is 15.1. The quantitative estimate of drug-likeness (QED) is 0.805. The standard InChI is InChI=1S/C16H23N3/c1-13(2)17-10-7-11-19-12-18-16(14(19)3)15-8-5-4-6-9-15/h4-6,8-9,12-13,17H,7,10-11H2,1-3H3. The summed E-state index contributed by atoms with van der Waals surface area (Å²) in [6.07, 6.45) is 3.08. The number of nitrogens with one attached hydrogen (secondary N) is 1. The van der Waals surface area contributed by atoms with Crippen molar-refractivity contribution >= 4 is 0 Å². The van der Waals surface area contributed by atoms with Crippen LogP contribution in [0, 0.1) is 6.92 Å². The third-order valence-electron chi connectivity index (χ3n) is 3.28. The van der Waals surface area contributed by atoms with E-state index in [0.29, 0.717) is 6.04 Å². The lowest BCUT2D eigenvalue weighted by Crippen LogP contribution is -2.24. The largest absolute Gasteiger partial charge is 0.334 e. The van der Waals surface area contributed by atoms with Crippen molar-refractivity contribution in [1.29, 1.82) is 0 Å². The molecule has 0 saturated heterocycles. The second-order valence-corrected chi connectivity index (χ2v) is 5.20. The molecule has 0 spiro atoms. The topological polar surface area (TPSA) is 29.9 Å². The van der Waals surface area contributed by atoms with Crippen LogP contribution >= 0.6 is 0 Å². The van der Waals surface area contributed by atoms with E-state index in [0.717, 1.165) is 25.2 Å². The van der Waals surface area contributed by atoms with E-state index in [2.05, 4.69) is 59.9 Å². The second kappa shape index (κ2) is 6.53. The van der Waals surface area contributed by atoms with Crippen LogP contribution in [0.15, 0.2) is 36.7 Å². The Morgan fingerprint density at radius 3 is 2.63 bits per heavy atom. The summed E-state index contributed by atoms with van der Waals surface area (Å²) in [6.45, 7) is 8.57. The van der Waals surface area contributed by atoms with Crippen LogP contribution in [0.3, 0.4) is 0 Å². The molecule has 0 aliphatic heterocycles. The minimum Gasteiger partial charge on any atom is -0.334 e. The molecular formula is C16H23N3. The summed E-state index contributed by atoms with van der Waals surface area (Å²) in [7, 11) is 0. The fourth-order valence-corrected chi connectivity index (χ4v) is 2.19. The van der Waals surface area contributed by atoms with Gasteiger partial charge in [-0.05, 0) is 19.9 Å². The maximum atomic E-state index is 4.54. The maximum absolute atomic E-state index is 4.54. The Hall–Kier alpha value is -1.61. The van der Waals surface area contributed by atoms with E-state index in [-0.39, 0.29) is 0 Å². The van der Waals surface area contributed by atoms with E-state index in [1.54, 1.807) is 0 Å². The Morgan fingerprint density at radius 2 is 1.95 bits per heavy atom. The monoisotopic (exact) mass is 257 g/mol. The first-order valence-electron chi connectivity index (χ1n) is 6.99. The number of nitrogens with zero attached hydrogens (tertiary/aromatic N) is 2. The molecule has 1 N–H and O–H groups in total. The van der Waals surface area contributed by atoms with Crippen LogP contribution in [-0.2, 0) is 6.54 Å². The van der Waals surface area contributed by atoms with Crippen LogP contribution in [0.5, 0.6) is 0 Å². The molecule has 0 aliphatic carbocycles. The van der Waals surface area contributed by atoms with Crippen molar-refractivity contribution < 1.29 is 0 Å². The lowest BCUT2D eigenvalue weighted by molar-refractivity contribution is 0.532. The Balaban J connectivity index is 1.99. The normalized spacial score (nSPS) is 11.2. The van der Waals surface area contributed by atoms with Gasteiger partial charge in [-0.3, -0.25) is 0 Å². The van der Waals surface area contributed by atoms with Crippen molar-refractivity contribution in [3.05, 3.63) is 42.4 Å². The molecule has 0 fully saturated rings. The number of aromatic nitrogens is 2. The highest BCUT2D eigenvalue weighted by Crippen LogP contribution is 2.21. The van der Waals surface area contributed by atoms with Crippen molar-refractivity contribution in [2.75, 3.05) is 6.54 Å². The Kier molecular flexibility index (Phi) is 4.74. The summed E-state index contributed by atoms with van der Waals surface area (Å²) < 4.78 is 2.24. The number of benzene rings is 1. The predicted octanol–water partition coefficient (Wildman–Crippen LogP) is 3.25. The molecule has 0 amide bonds. The van der Waals surface area contributed by atoms with Gasteiger partial charge in [0.2, 0.25) is 0 Å². The molecular weight excluding hydrogens is 234 g/mol. The van der Waals surface area contributed by atoms with Gasteiger partial charge in [0, 0.05) is 23.8 Å². The van der Waals surface area contributed by atoms with E-state index in [9.17, 15) is 0 Å². The van der Waals surface area contributed by atoms with Gasteiger partial charge >= 0.3 is 0 Å². The van der Waals surface area contributed by atoms with Gasteiger partial charge in [0.1, 0.15) is 0 Å². The molecule has 19 heavy (non-hydrogen) atoms. The minimum atomic E-state index is 0.559. The molecule has 0 unspecified atom stereocenters. The summed E-state index contributed by atoms with van der Waals surface area (Å²) in [6, 6.07) is 10.9. The number of hydrogen-bond acceptors (Lipinski definition) is 2.